The molecule has 1 aromatic carbocycles. The number of hydrogen-bond donors (Lipinski definition) is 1. The number of nitrogens with one attached hydrogen (secondary N) is 1. The molecule has 0 saturated carbocycles. The van der Waals surface area contributed by atoms with Gasteiger partial charge in [0, 0.05) is 29.3 Å². The van der Waals surface area contributed by atoms with Crippen LogP contribution in [0.1, 0.15) is 50.2 Å². The maximum Gasteiger partial charge on any atom is 0.336 e. The zero-order valence-electron chi connectivity index (χ0n) is 14.4. The van der Waals surface area contributed by atoms with Gasteiger partial charge in [-0.2, -0.15) is 0 Å². The van der Waals surface area contributed by atoms with Crippen molar-refractivity contribution in [3.05, 3.63) is 57.9 Å². The molecular weight excluding hydrogens is 302 g/mol. The van der Waals surface area contributed by atoms with Gasteiger partial charge in [0.25, 0.3) is 0 Å². The summed E-state index contributed by atoms with van der Waals surface area (Å²) in [5, 5.41) is 3.27. The number of carbonyl (C=O) groups excluding carboxylic acids is 2. The molecule has 24 heavy (non-hydrogen) atoms. The molecule has 1 heterocycles. The number of aryl methyl sites for hydroxylation is 1. The molecular formula is C20H23NO3. The van der Waals surface area contributed by atoms with E-state index in [0.717, 1.165) is 41.8 Å². The van der Waals surface area contributed by atoms with E-state index in [9.17, 15) is 9.59 Å². The Morgan fingerprint density at radius 1 is 1.25 bits per heavy atom. The summed E-state index contributed by atoms with van der Waals surface area (Å²) >= 11 is 0. The highest BCUT2D eigenvalue weighted by atomic mass is 16.5. The standard InChI is InChI=1S/C20H23NO3/c1-4-13-8-10-14(11-9-13)18-17(20(23)24-3)12(2)21-15-6-5-7-16(22)19(15)18/h8-11,18,21H,4-7H2,1-3H3. The van der Waals surface area contributed by atoms with Crippen LogP contribution >= 0.6 is 0 Å². The molecule has 0 aromatic heterocycles. The topological polar surface area (TPSA) is 55.4 Å². The Balaban J connectivity index is 2.15. The largest absolute Gasteiger partial charge is 0.466 e. The van der Waals surface area contributed by atoms with E-state index in [1.807, 2.05) is 19.1 Å². The summed E-state index contributed by atoms with van der Waals surface area (Å²) in [5.41, 5.74) is 5.21. The van der Waals surface area contributed by atoms with Crippen molar-refractivity contribution in [2.75, 3.05) is 7.11 Å². The SMILES string of the molecule is CCc1ccc(C2C(C(=O)OC)=C(C)NC3=C2C(=O)CCC3)cc1. The van der Waals surface area contributed by atoms with E-state index in [-0.39, 0.29) is 17.7 Å². The highest BCUT2D eigenvalue weighted by Gasteiger charge is 2.38. The fourth-order valence-electron chi connectivity index (χ4n) is 3.64. The van der Waals surface area contributed by atoms with E-state index in [1.165, 1.54) is 12.7 Å². The Kier molecular flexibility index (Phi) is 4.56. The Bertz CT molecular complexity index is 741. The first-order valence-corrected chi connectivity index (χ1v) is 8.48. The minimum Gasteiger partial charge on any atom is -0.466 e. The summed E-state index contributed by atoms with van der Waals surface area (Å²) in [6.45, 7) is 3.98. The van der Waals surface area contributed by atoms with Gasteiger partial charge >= 0.3 is 5.97 Å². The van der Waals surface area contributed by atoms with Gasteiger partial charge in [-0.1, -0.05) is 31.2 Å². The Labute approximate surface area is 142 Å². The lowest BCUT2D eigenvalue weighted by molar-refractivity contribution is -0.136. The monoisotopic (exact) mass is 325 g/mol. The van der Waals surface area contributed by atoms with Crippen LogP contribution in [0.3, 0.4) is 0 Å². The average molecular weight is 325 g/mol. The summed E-state index contributed by atoms with van der Waals surface area (Å²) < 4.78 is 5.00. The van der Waals surface area contributed by atoms with Crippen molar-refractivity contribution in [2.45, 2.75) is 45.4 Å². The lowest BCUT2D eigenvalue weighted by Gasteiger charge is -2.34. The minimum atomic E-state index is -0.380. The lowest BCUT2D eigenvalue weighted by Crippen LogP contribution is -2.34. The van der Waals surface area contributed by atoms with Gasteiger partial charge in [0.05, 0.1) is 12.7 Å². The molecule has 0 radical (unpaired) electrons. The van der Waals surface area contributed by atoms with Crippen LogP contribution in [0.2, 0.25) is 0 Å². The van der Waals surface area contributed by atoms with E-state index < -0.39 is 0 Å². The third-order valence-electron chi connectivity index (χ3n) is 4.90. The first-order chi connectivity index (χ1) is 11.6. The number of methoxy groups -OCH3 is 1. The zero-order chi connectivity index (χ0) is 17.3. The Morgan fingerprint density at radius 3 is 2.58 bits per heavy atom. The molecule has 0 bridgehead atoms. The number of rotatable bonds is 3. The fourth-order valence-corrected chi connectivity index (χ4v) is 3.64. The predicted octanol–water partition coefficient (Wildman–Crippen LogP) is 3.39. The van der Waals surface area contributed by atoms with Gasteiger partial charge in [0.2, 0.25) is 0 Å². The number of carbonyl (C=O) groups is 2. The highest BCUT2D eigenvalue weighted by Crippen LogP contribution is 2.42. The number of benzene rings is 1. The van der Waals surface area contributed by atoms with Crippen LogP contribution in [-0.4, -0.2) is 18.9 Å². The third-order valence-corrected chi connectivity index (χ3v) is 4.90. The van der Waals surface area contributed by atoms with Gasteiger partial charge in [0.1, 0.15) is 0 Å². The summed E-state index contributed by atoms with van der Waals surface area (Å²) in [6, 6.07) is 8.18. The lowest BCUT2D eigenvalue weighted by atomic mass is 9.75. The number of dihydropyridines is 1. The van der Waals surface area contributed by atoms with Crippen LogP contribution in [-0.2, 0) is 20.7 Å². The molecule has 1 aliphatic carbocycles. The van der Waals surface area contributed by atoms with E-state index in [2.05, 4.69) is 24.4 Å². The normalized spacial score (nSPS) is 20.6. The van der Waals surface area contributed by atoms with Crippen molar-refractivity contribution in [3.8, 4) is 0 Å². The quantitative estimate of drug-likeness (QED) is 0.866. The maximum atomic E-state index is 12.6. The number of allylic oxidation sites excluding steroid dienone is 3. The van der Waals surface area contributed by atoms with Crippen LogP contribution in [0.4, 0.5) is 0 Å². The van der Waals surface area contributed by atoms with E-state index in [0.29, 0.717) is 12.0 Å². The number of ether oxygens (including phenoxy) is 1. The van der Waals surface area contributed by atoms with E-state index in [1.54, 1.807) is 0 Å². The number of Topliss-reactive ketones (excluding diaryl/α,β-unsaturated/α-hetero) is 1. The van der Waals surface area contributed by atoms with Gasteiger partial charge in [-0.05, 0) is 37.3 Å². The summed E-state index contributed by atoms with van der Waals surface area (Å²) in [6.07, 6.45) is 3.19. The van der Waals surface area contributed by atoms with Crippen LogP contribution in [0.15, 0.2) is 46.8 Å². The molecule has 1 N–H and O–H groups in total. The van der Waals surface area contributed by atoms with Crippen molar-refractivity contribution >= 4 is 11.8 Å². The second-order valence-corrected chi connectivity index (χ2v) is 6.35. The third kappa shape index (κ3) is 2.77. The van der Waals surface area contributed by atoms with Crippen molar-refractivity contribution < 1.29 is 14.3 Å². The first kappa shape index (κ1) is 16.5. The van der Waals surface area contributed by atoms with Crippen LogP contribution < -0.4 is 5.32 Å². The molecule has 1 aliphatic heterocycles. The summed E-state index contributed by atoms with van der Waals surface area (Å²) in [5.74, 6) is -0.593. The molecule has 1 unspecified atom stereocenters. The molecule has 1 atom stereocenters. The maximum absolute atomic E-state index is 12.6. The molecule has 3 rings (SSSR count). The highest BCUT2D eigenvalue weighted by molar-refractivity contribution is 6.03. The van der Waals surface area contributed by atoms with E-state index >= 15 is 0 Å². The van der Waals surface area contributed by atoms with E-state index in [4.69, 9.17) is 4.74 Å². The van der Waals surface area contributed by atoms with Crippen molar-refractivity contribution in [3.63, 3.8) is 0 Å². The second kappa shape index (κ2) is 6.63. The van der Waals surface area contributed by atoms with Crippen molar-refractivity contribution in [2.24, 2.45) is 0 Å². The molecule has 0 amide bonds. The molecule has 0 fully saturated rings. The number of esters is 1. The van der Waals surface area contributed by atoms with Gasteiger partial charge in [-0.25, -0.2) is 4.79 Å². The van der Waals surface area contributed by atoms with Gasteiger partial charge in [0.15, 0.2) is 5.78 Å². The molecule has 126 valence electrons. The zero-order valence-corrected chi connectivity index (χ0v) is 14.4. The number of hydrogen-bond acceptors (Lipinski definition) is 4. The van der Waals surface area contributed by atoms with Gasteiger partial charge < -0.3 is 10.1 Å². The summed E-state index contributed by atoms with van der Waals surface area (Å²) in [4.78, 5) is 25.0. The molecule has 1 aromatic rings. The second-order valence-electron chi connectivity index (χ2n) is 6.35. The van der Waals surface area contributed by atoms with Crippen molar-refractivity contribution in [1.29, 1.82) is 0 Å². The number of ketones is 1. The molecule has 2 aliphatic rings. The summed E-state index contributed by atoms with van der Waals surface area (Å²) in [7, 11) is 1.38. The smallest absolute Gasteiger partial charge is 0.336 e. The molecule has 0 spiro atoms. The Morgan fingerprint density at radius 2 is 1.96 bits per heavy atom. The fraction of sp³-hybridized carbons (Fsp3) is 0.400. The molecule has 4 heteroatoms. The average Bonchev–Trinajstić information content (AvgIpc) is 2.60. The first-order valence-electron chi connectivity index (χ1n) is 8.48. The molecule has 4 nitrogen and oxygen atoms in total. The predicted molar refractivity (Wildman–Crippen MR) is 92.3 cm³/mol. The van der Waals surface area contributed by atoms with Gasteiger partial charge in [-0.3, -0.25) is 4.79 Å². The van der Waals surface area contributed by atoms with Crippen molar-refractivity contribution in [1.82, 2.24) is 5.32 Å². The molecule has 0 saturated heterocycles. The Hall–Kier alpha value is -2.36. The van der Waals surface area contributed by atoms with Crippen LogP contribution in [0.25, 0.3) is 0 Å². The minimum absolute atomic E-state index is 0.127. The van der Waals surface area contributed by atoms with Gasteiger partial charge in [-0.15, -0.1) is 0 Å². The van der Waals surface area contributed by atoms with Crippen LogP contribution in [0.5, 0.6) is 0 Å². The van der Waals surface area contributed by atoms with Crippen LogP contribution in [0, 0.1) is 0 Å².